The lowest BCUT2D eigenvalue weighted by atomic mass is 9.79. The molecular weight excluding hydrogens is 534 g/mol. The molecule has 1 aromatic carbocycles. The predicted molar refractivity (Wildman–Crippen MR) is 140 cm³/mol. The maximum absolute atomic E-state index is 13.4. The minimum Gasteiger partial charge on any atom is -0.403 e. The highest BCUT2D eigenvalue weighted by Gasteiger charge is 2.30. The van der Waals surface area contributed by atoms with E-state index in [1.165, 1.54) is 18.5 Å². The molecule has 14 heteroatoms. The molecule has 0 aliphatic heterocycles. The van der Waals surface area contributed by atoms with Crippen molar-refractivity contribution in [1.82, 2.24) is 20.2 Å². The lowest BCUT2D eigenvalue weighted by molar-refractivity contribution is -0.124. The molecular formula is C25H32F2N6O5S. The van der Waals surface area contributed by atoms with E-state index >= 15 is 0 Å². The third-order valence-electron chi connectivity index (χ3n) is 6.25. The molecule has 11 nitrogen and oxygen atoms in total. The Morgan fingerprint density at radius 3 is 2.54 bits per heavy atom. The van der Waals surface area contributed by atoms with E-state index in [0.717, 1.165) is 25.0 Å². The first-order chi connectivity index (χ1) is 18.5. The summed E-state index contributed by atoms with van der Waals surface area (Å²) in [5, 5.41) is 12.4. The van der Waals surface area contributed by atoms with E-state index in [-0.39, 0.29) is 53.2 Å². The van der Waals surface area contributed by atoms with Gasteiger partial charge in [0.2, 0.25) is 5.91 Å². The first-order valence-corrected chi connectivity index (χ1v) is 13.9. The number of allylic oxidation sites excluding steroid dienone is 1. The average Bonchev–Trinajstić information content (AvgIpc) is 3.37. The number of nitrogens with one attached hydrogen (secondary N) is 3. The van der Waals surface area contributed by atoms with Crippen LogP contribution in [0.25, 0.3) is 0 Å². The molecule has 0 saturated heterocycles. The molecule has 0 spiro atoms. The van der Waals surface area contributed by atoms with Crippen molar-refractivity contribution in [1.29, 1.82) is 0 Å². The number of carbonyl (C=O) groups is 2. The summed E-state index contributed by atoms with van der Waals surface area (Å²) < 4.78 is 51.5. The summed E-state index contributed by atoms with van der Waals surface area (Å²) in [6.45, 7) is 3.84. The van der Waals surface area contributed by atoms with Gasteiger partial charge in [0.05, 0.1) is 17.9 Å². The zero-order valence-corrected chi connectivity index (χ0v) is 22.6. The molecule has 3 atom stereocenters. The quantitative estimate of drug-likeness (QED) is 0.299. The van der Waals surface area contributed by atoms with Gasteiger partial charge in [-0.2, -0.15) is 0 Å². The molecule has 1 fully saturated rings. The van der Waals surface area contributed by atoms with Gasteiger partial charge in [0, 0.05) is 30.1 Å². The van der Waals surface area contributed by atoms with Gasteiger partial charge in [-0.1, -0.05) is 11.2 Å². The Hall–Kier alpha value is -3.65. The summed E-state index contributed by atoms with van der Waals surface area (Å²) in [5.41, 5.74) is 6.06. The third-order valence-corrected chi connectivity index (χ3v) is 6.74. The van der Waals surface area contributed by atoms with Crippen LogP contribution in [0.2, 0.25) is 0 Å². The summed E-state index contributed by atoms with van der Waals surface area (Å²) in [6.07, 6.45) is 8.66. The summed E-state index contributed by atoms with van der Waals surface area (Å²) in [5.74, 6) is -3.18. The summed E-state index contributed by atoms with van der Waals surface area (Å²) >= 11 is 0. The number of benzene rings is 1. The molecule has 1 saturated carbocycles. The molecule has 0 bridgehead atoms. The van der Waals surface area contributed by atoms with Crippen molar-refractivity contribution < 1.29 is 31.7 Å². The normalized spacial score (nSPS) is 20.3. The van der Waals surface area contributed by atoms with Gasteiger partial charge in [0.1, 0.15) is 11.0 Å². The van der Waals surface area contributed by atoms with Gasteiger partial charge in [-0.3, -0.25) is 14.3 Å². The van der Waals surface area contributed by atoms with E-state index in [1.807, 2.05) is 13.8 Å². The van der Waals surface area contributed by atoms with Crippen LogP contribution in [0.15, 0.2) is 46.7 Å². The molecule has 1 aromatic heterocycles. The molecule has 1 aliphatic rings. The third kappa shape index (κ3) is 8.96. The smallest absolute Gasteiger partial charge is 0.320 e. The number of nitrogens with zero attached hydrogens (tertiary/aromatic N) is 2. The second kappa shape index (κ2) is 13.9. The fourth-order valence-corrected chi connectivity index (χ4v) is 4.65. The van der Waals surface area contributed by atoms with Crippen molar-refractivity contribution >= 4 is 34.5 Å². The topological polar surface area (TPSA) is 161 Å². The Morgan fingerprint density at radius 2 is 1.90 bits per heavy atom. The van der Waals surface area contributed by atoms with E-state index in [1.54, 1.807) is 12.2 Å². The zero-order chi connectivity index (χ0) is 28.5. The molecule has 2 unspecified atom stereocenters. The first kappa shape index (κ1) is 29.9. The Kier molecular flexibility index (Phi) is 10.7. The number of hydrogen-bond acceptors (Lipinski definition) is 9. The second-order valence-electron chi connectivity index (χ2n) is 9.18. The van der Waals surface area contributed by atoms with Crippen LogP contribution in [-0.4, -0.2) is 44.7 Å². The number of carbonyl (C=O) groups excluding carboxylic acids is 2. The van der Waals surface area contributed by atoms with Crippen molar-refractivity contribution in [3.05, 3.63) is 59.8 Å². The fourth-order valence-electron chi connectivity index (χ4n) is 4.20. The number of amides is 2. The van der Waals surface area contributed by atoms with Crippen LogP contribution in [0, 0.1) is 23.5 Å². The van der Waals surface area contributed by atoms with E-state index < -0.39 is 28.5 Å². The summed E-state index contributed by atoms with van der Waals surface area (Å²) in [7, 11) is -1.36. The van der Waals surface area contributed by atoms with Gasteiger partial charge in [0.25, 0.3) is 0 Å². The van der Waals surface area contributed by atoms with Crippen LogP contribution in [-0.2, 0) is 20.5 Å². The Balaban J connectivity index is 1.46. The Labute approximate surface area is 227 Å². The van der Waals surface area contributed by atoms with Gasteiger partial charge in [0.15, 0.2) is 11.6 Å². The van der Waals surface area contributed by atoms with Crippen LogP contribution < -0.4 is 21.1 Å². The second-order valence-corrected chi connectivity index (χ2v) is 10.3. The number of aromatic nitrogens is 2. The van der Waals surface area contributed by atoms with E-state index in [4.69, 9.17) is 14.9 Å². The molecule has 39 heavy (non-hydrogen) atoms. The fraction of sp³-hybridized carbons (Fsp3) is 0.440. The molecule has 212 valence electrons. The number of halogens is 2. The number of anilines is 2. The standard InChI is InChI=1S/C25H32F2N6O5S/c1-14(37-15(2)16-5-7-17(8-6-16)22(34)33-39(3)36)4-9-19(13-28)29-23(35)24-31-32-25(38-24)30-18-10-11-20(26)21(27)12-18/h4,9-17H,5-8,28H2,1-3H3,(H,29,35)(H,30,32)(H,33,34)/b9-4-,19-13+/t14?,15-,16?,17?,39?/m0/s1. The molecule has 2 aromatic rings. The SMILES string of the molecule is CC(/C=C\C(=C/N)NC(=O)c1nnc(Nc2ccc(F)c(F)c2)o1)O[C@@H](C)C1CCC(C(=O)NS(C)=O)CC1. The van der Waals surface area contributed by atoms with Crippen LogP contribution in [0.1, 0.15) is 50.2 Å². The van der Waals surface area contributed by atoms with Gasteiger partial charge in [-0.05, 0) is 63.7 Å². The van der Waals surface area contributed by atoms with E-state index in [2.05, 4.69) is 25.6 Å². The van der Waals surface area contributed by atoms with Gasteiger partial charge in [-0.15, -0.1) is 5.10 Å². The summed E-state index contributed by atoms with van der Waals surface area (Å²) in [6, 6.07) is 2.92. The number of hydrogen-bond donors (Lipinski definition) is 4. The highest BCUT2D eigenvalue weighted by Crippen LogP contribution is 2.32. The monoisotopic (exact) mass is 566 g/mol. The predicted octanol–water partition coefficient (Wildman–Crippen LogP) is 3.19. The van der Waals surface area contributed by atoms with Crippen molar-refractivity contribution in [3.8, 4) is 0 Å². The highest BCUT2D eigenvalue weighted by molar-refractivity contribution is 7.82. The van der Waals surface area contributed by atoms with Gasteiger partial charge < -0.3 is 25.5 Å². The van der Waals surface area contributed by atoms with Crippen LogP contribution >= 0.6 is 0 Å². The van der Waals surface area contributed by atoms with E-state index in [9.17, 15) is 22.6 Å². The lowest BCUT2D eigenvalue weighted by Gasteiger charge is -2.32. The molecule has 0 radical (unpaired) electrons. The molecule has 1 aliphatic carbocycles. The van der Waals surface area contributed by atoms with Crippen LogP contribution in [0.5, 0.6) is 0 Å². The van der Waals surface area contributed by atoms with Crippen molar-refractivity contribution in [2.24, 2.45) is 17.6 Å². The summed E-state index contributed by atoms with van der Waals surface area (Å²) in [4.78, 5) is 24.6. The number of nitrogens with two attached hydrogens (primary N) is 1. The van der Waals surface area contributed by atoms with Crippen molar-refractivity contribution in [2.75, 3.05) is 11.6 Å². The van der Waals surface area contributed by atoms with Crippen LogP contribution in [0.4, 0.5) is 20.5 Å². The minimum atomic E-state index is -1.36. The number of ether oxygens (including phenoxy) is 1. The average molecular weight is 567 g/mol. The number of rotatable bonds is 11. The van der Waals surface area contributed by atoms with E-state index in [0.29, 0.717) is 12.8 Å². The molecule has 1 heterocycles. The molecule has 2 amide bonds. The Bertz CT molecular complexity index is 1250. The Morgan fingerprint density at radius 1 is 1.18 bits per heavy atom. The maximum atomic E-state index is 13.4. The van der Waals surface area contributed by atoms with Crippen LogP contribution in [0.3, 0.4) is 0 Å². The first-order valence-electron chi connectivity index (χ1n) is 12.3. The molecule has 3 rings (SSSR count). The van der Waals surface area contributed by atoms with Crippen molar-refractivity contribution in [2.45, 2.75) is 51.7 Å². The van der Waals surface area contributed by atoms with Gasteiger partial charge >= 0.3 is 17.8 Å². The van der Waals surface area contributed by atoms with Gasteiger partial charge in [-0.25, -0.2) is 13.0 Å². The maximum Gasteiger partial charge on any atom is 0.320 e. The van der Waals surface area contributed by atoms with Crippen molar-refractivity contribution in [3.63, 3.8) is 0 Å². The zero-order valence-electron chi connectivity index (χ0n) is 21.8. The lowest BCUT2D eigenvalue weighted by Crippen LogP contribution is -2.36. The molecule has 5 N–H and O–H groups in total. The highest BCUT2D eigenvalue weighted by atomic mass is 32.2. The largest absolute Gasteiger partial charge is 0.403 e. The minimum absolute atomic E-state index is 0.0623.